The first kappa shape index (κ1) is 20.1. The Morgan fingerprint density at radius 1 is 1.19 bits per heavy atom. The lowest BCUT2D eigenvalue weighted by molar-refractivity contribution is -0.122. The third kappa shape index (κ3) is 6.52. The highest BCUT2D eigenvalue weighted by Gasteiger charge is 2.16. The zero-order valence-electron chi connectivity index (χ0n) is 15.6. The minimum atomic E-state index is -0.613. The van der Waals surface area contributed by atoms with Crippen molar-refractivity contribution in [3.63, 3.8) is 0 Å². The van der Waals surface area contributed by atoms with Crippen LogP contribution in [-0.4, -0.2) is 31.0 Å². The van der Waals surface area contributed by atoms with Gasteiger partial charge in [0.2, 0.25) is 5.91 Å². The van der Waals surface area contributed by atoms with Gasteiger partial charge >= 0.3 is 0 Å². The van der Waals surface area contributed by atoms with Crippen LogP contribution in [0, 0.1) is 19.3 Å². The average molecular weight is 364 g/mol. The highest BCUT2D eigenvalue weighted by atomic mass is 16.5. The Kier molecular flexibility index (Phi) is 7.45. The highest BCUT2D eigenvalue weighted by molar-refractivity contribution is 5.97. The van der Waals surface area contributed by atoms with Crippen LogP contribution in [0.2, 0.25) is 0 Å². The molecule has 0 heterocycles. The number of ether oxygens (including phenoxy) is 1. The normalized spacial score (nSPS) is 11.1. The van der Waals surface area contributed by atoms with E-state index in [1.54, 1.807) is 19.1 Å². The zero-order valence-corrected chi connectivity index (χ0v) is 15.6. The van der Waals surface area contributed by atoms with Gasteiger partial charge in [0.15, 0.2) is 0 Å². The number of hydrogen-bond acceptors (Lipinski definition) is 3. The van der Waals surface area contributed by atoms with Gasteiger partial charge in [-0.2, -0.15) is 0 Å². The topological polar surface area (TPSA) is 67.4 Å². The molecule has 0 fully saturated rings. The summed E-state index contributed by atoms with van der Waals surface area (Å²) < 4.78 is 5.32. The van der Waals surface area contributed by atoms with E-state index in [-0.39, 0.29) is 18.4 Å². The second kappa shape index (κ2) is 10.0. The molecule has 0 aliphatic heterocycles. The van der Waals surface area contributed by atoms with Gasteiger partial charge in [-0.1, -0.05) is 35.7 Å². The number of rotatable bonds is 8. The van der Waals surface area contributed by atoms with Gasteiger partial charge in [-0.05, 0) is 50.1 Å². The maximum absolute atomic E-state index is 12.2. The Hall–Kier alpha value is -3.26. The number of carbonyl (C=O) groups is 2. The summed E-state index contributed by atoms with van der Waals surface area (Å²) in [5.41, 5.74) is 2.61. The summed E-state index contributed by atoms with van der Waals surface area (Å²) in [5, 5.41) is 5.55. The molecule has 0 saturated heterocycles. The maximum atomic E-state index is 12.2. The van der Waals surface area contributed by atoms with Crippen LogP contribution in [0.15, 0.2) is 48.5 Å². The largest absolute Gasteiger partial charge is 0.481 e. The molecule has 2 rings (SSSR count). The van der Waals surface area contributed by atoms with Gasteiger partial charge < -0.3 is 15.4 Å². The second-order valence-electron chi connectivity index (χ2n) is 6.24. The number of carbonyl (C=O) groups excluding carboxylic acids is 2. The third-order valence-corrected chi connectivity index (χ3v) is 3.98. The zero-order chi connectivity index (χ0) is 19.6. The fraction of sp³-hybridized carbons (Fsp3) is 0.273. The first-order chi connectivity index (χ1) is 13.0. The van der Waals surface area contributed by atoms with Crippen LogP contribution >= 0.6 is 0 Å². The van der Waals surface area contributed by atoms with Crippen molar-refractivity contribution in [3.05, 3.63) is 65.2 Å². The van der Waals surface area contributed by atoms with E-state index < -0.39 is 6.04 Å². The third-order valence-electron chi connectivity index (χ3n) is 3.98. The molecule has 2 N–H and O–H groups in total. The van der Waals surface area contributed by atoms with Crippen LogP contribution < -0.4 is 15.4 Å². The number of nitrogens with one attached hydrogen (secondary N) is 2. The lowest BCUT2D eigenvalue weighted by atomic mass is 10.1. The van der Waals surface area contributed by atoms with E-state index in [0.717, 1.165) is 11.1 Å². The molecule has 0 aliphatic rings. The summed E-state index contributed by atoms with van der Waals surface area (Å²) in [7, 11) is 0. The van der Waals surface area contributed by atoms with Gasteiger partial charge in [0.05, 0.1) is 0 Å². The molecule has 27 heavy (non-hydrogen) atoms. The summed E-state index contributed by atoms with van der Waals surface area (Å²) in [6, 6.07) is 14.2. The molecule has 1 atom stereocenters. The lowest BCUT2D eigenvalue weighted by Crippen LogP contribution is -2.45. The predicted octanol–water partition coefficient (Wildman–Crippen LogP) is 2.48. The molecule has 0 spiro atoms. The van der Waals surface area contributed by atoms with E-state index in [1.807, 2.05) is 43.3 Å². The van der Waals surface area contributed by atoms with E-state index >= 15 is 0 Å². The van der Waals surface area contributed by atoms with Gasteiger partial charge in [0.25, 0.3) is 5.91 Å². The van der Waals surface area contributed by atoms with Crippen LogP contribution in [0.3, 0.4) is 0 Å². The number of benzene rings is 2. The molecule has 2 amide bonds. The Balaban J connectivity index is 1.76. The molecule has 2 aromatic rings. The second-order valence-corrected chi connectivity index (χ2v) is 6.24. The summed E-state index contributed by atoms with van der Waals surface area (Å²) in [6.45, 7) is 4.30. The van der Waals surface area contributed by atoms with Gasteiger partial charge in [-0.3, -0.25) is 9.59 Å². The first-order valence-corrected chi connectivity index (χ1v) is 8.80. The quantitative estimate of drug-likeness (QED) is 0.707. The molecule has 5 heteroatoms. The molecule has 0 aliphatic carbocycles. The molecule has 140 valence electrons. The Bertz CT molecular complexity index is 822. The number of amides is 2. The van der Waals surface area contributed by atoms with Crippen LogP contribution in [-0.2, 0) is 11.2 Å². The summed E-state index contributed by atoms with van der Waals surface area (Å²) in [4.78, 5) is 24.4. The number of aryl methyl sites for hydroxylation is 1. The maximum Gasteiger partial charge on any atom is 0.251 e. The van der Waals surface area contributed by atoms with Crippen molar-refractivity contribution >= 4 is 11.8 Å². The average Bonchev–Trinajstić information content (AvgIpc) is 2.67. The molecular formula is C22H24N2O3. The van der Waals surface area contributed by atoms with Crippen molar-refractivity contribution in [1.29, 1.82) is 0 Å². The van der Waals surface area contributed by atoms with Crippen LogP contribution in [0.25, 0.3) is 0 Å². The molecule has 2 aromatic carbocycles. The Morgan fingerprint density at radius 2 is 1.93 bits per heavy atom. The van der Waals surface area contributed by atoms with Crippen LogP contribution in [0.4, 0.5) is 0 Å². The van der Waals surface area contributed by atoms with E-state index in [4.69, 9.17) is 11.2 Å². The van der Waals surface area contributed by atoms with Gasteiger partial charge in [0, 0.05) is 12.1 Å². The predicted molar refractivity (Wildman–Crippen MR) is 106 cm³/mol. The van der Waals surface area contributed by atoms with Gasteiger partial charge in [-0.15, -0.1) is 6.42 Å². The first-order valence-electron chi connectivity index (χ1n) is 8.80. The lowest BCUT2D eigenvalue weighted by Gasteiger charge is -2.14. The van der Waals surface area contributed by atoms with Crippen molar-refractivity contribution in [1.82, 2.24) is 10.6 Å². The van der Waals surface area contributed by atoms with E-state index in [2.05, 4.69) is 16.6 Å². The van der Waals surface area contributed by atoms with E-state index in [0.29, 0.717) is 24.3 Å². The van der Waals surface area contributed by atoms with Crippen LogP contribution in [0.1, 0.15) is 28.4 Å². The minimum Gasteiger partial charge on any atom is -0.481 e. The van der Waals surface area contributed by atoms with Crippen molar-refractivity contribution in [2.45, 2.75) is 26.3 Å². The monoisotopic (exact) mass is 364 g/mol. The standard InChI is InChI=1S/C22H24N2O3/c1-4-14-27-20-10-8-18(9-11-20)12-13-23-21(25)17(3)24-22(26)19-7-5-6-16(2)15-19/h1,5-11,15,17H,12-14H2,2-3H3,(H,23,25)(H,24,26). The molecular weight excluding hydrogens is 340 g/mol. The Morgan fingerprint density at radius 3 is 2.59 bits per heavy atom. The van der Waals surface area contributed by atoms with Crippen LogP contribution in [0.5, 0.6) is 5.75 Å². The summed E-state index contributed by atoms with van der Waals surface area (Å²) >= 11 is 0. The number of hydrogen-bond donors (Lipinski definition) is 2. The van der Waals surface area contributed by atoms with Crippen molar-refractivity contribution in [2.24, 2.45) is 0 Å². The fourth-order valence-corrected chi connectivity index (χ4v) is 2.49. The van der Waals surface area contributed by atoms with Crippen molar-refractivity contribution in [3.8, 4) is 18.1 Å². The molecule has 0 radical (unpaired) electrons. The highest BCUT2D eigenvalue weighted by Crippen LogP contribution is 2.12. The molecule has 0 saturated carbocycles. The fourth-order valence-electron chi connectivity index (χ4n) is 2.49. The molecule has 0 aromatic heterocycles. The van der Waals surface area contributed by atoms with Crippen molar-refractivity contribution in [2.75, 3.05) is 13.2 Å². The van der Waals surface area contributed by atoms with Crippen molar-refractivity contribution < 1.29 is 14.3 Å². The molecule has 1 unspecified atom stereocenters. The number of terminal acetylenes is 1. The Labute approximate surface area is 160 Å². The summed E-state index contributed by atoms with van der Waals surface area (Å²) in [5.74, 6) is 2.65. The smallest absolute Gasteiger partial charge is 0.251 e. The summed E-state index contributed by atoms with van der Waals surface area (Å²) in [6.07, 6.45) is 5.83. The van der Waals surface area contributed by atoms with E-state index in [9.17, 15) is 9.59 Å². The van der Waals surface area contributed by atoms with Gasteiger partial charge in [-0.25, -0.2) is 0 Å². The minimum absolute atomic E-state index is 0.218. The van der Waals surface area contributed by atoms with E-state index in [1.165, 1.54) is 0 Å². The SMILES string of the molecule is C#CCOc1ccc(CCNC(=O)C(C)NC(=O)c2cccc(C)c2)cc1. The van der Waals surface area contributed by atoms with Gasteiger partial charge in [0.1, 0.15) is 18.4 Å². The molecule has 0 bridgehead atoms. The molecule has 5 nitrogen and oxygen atoms in total.